The second-order valence-corrected chi connectivity index (χ2v) is 8.18. The molecule has 0 bridgehead atoms. The number of hydrogen-bond acceptors (Lipinski definition) is 0. The van der Waals surface area contributed by atoms with E-state index in [1.165, 1.54) is 89.9 Å². The molecule has 20 heavy (non-hydrogen) atoms. The zero-order chi connectivity index (χ0) is 14.6. The lowest BCUT2D eigenvalue weighted by Crippen LogP contribution is -2.25. The Morgan fingerprint density at radius 2 is 1.40 bits per heavy atom. The Bertz CT molecular complexity index is 214. The first-order valence-electron chi connectivity index (χ1n) is 9.42. The Kier molecular flexibility index (Phi) is 11.2. The molecular weight excluding hydrogens is 308 g/mol. The second-order valence-electron chi connectivity index (χ2n) is 7.01. The highest BCUT2D eigenvalue weighted by atomic mass is 79.9. The van der Waals surface area contributed by atoms with Gasteiger partial charge in [0.2, 0.25) is 0 Å². The maximum atomic E-state index is 3.94. The summed E-state index contributed by atoms with van der Waals surface area (Å²) in [7, 11) is 0. The fourth-order valence-corrected chi connectivity index (χ4v) is 4.58. The van der Waals surface area contributed by atoms with Crippen molar-refractivity contribution in [3.8, 4) is 0 Å². The summed E-state index contributed by atoms with van der Waals surface area (Å²) in [5.74, 6) is 2.01. The lowest BCUT2D eigenvalue weighted by molar-refractivity contribution is 0.249. The molecule has 0 aromatic carbocycles. The van der Waals surface area contributed by atoms with Crippen LogP contribution in [0, 0.1) is 11.8 Å². The fourth-order valence-electron chi connectivity index (χ4n) is 3.83. The van der Waals surface area contributed by atoms with Gasteiger partial charge in [-0.15, -0.1) is 0 Å². The van der Waals surface area contributed by atoms with Gasteiger partial charge in [0.15, 0.2) is 0 Å². The molecule has 1 aliphatic rings. The zero-order valence-electron chi connectivity index (χ0n) is 14.0. The summed E-state index contributed by atoms with van der Waals surface area (Å²) >= 11 is 3.94. The van der Waals surface area contributed by atoms with Crippen molar-refractivity contribution in [3.05, 3.63) is 0 Å². The first kappa shape index (κ1) is 18.5. The maximum Gasteiger partial charge on any atom is 0.0174 e. The van der Waals surface area contributed by atoms with Crippen LogP contribution >= 0.6 is 15.9 Å². The second kappa shape index (κ2) is 12.1. The van der Waals surface area contributed by atoms with E-state index in [0.717, 1.165) is 16.7 Å². The van der Waals surface area contributed by atoms with Crippen molar-refractivity contribution in [1.82, 2.24) is 0 Å². The Labute approximate surface area is 136 Å². The van der Waals surface area contributed by atoms with Gasteiger partial charge >= 0.3 is 0 Å². The van der Waals surface area contributed by atoms with Gasteiger partial charge in [-0.05, 0) is 37.5 Å². The Morgan fingerprint density at radius 1 is 0.750 bits per heavy atom. The average Bonchev–Trinajstić information content (AvgIpc) is 2.45. The molecule has 0 heterocycles. The van der Waals surface area contributed by atoms with Gasteiger partial charge in [-0.1, -0.05) is 94.0 Å². The number of halogens is 1. The molecule has 0 N–H and O–H groups in total. The molecule has 0 aromatic heterocycles. The maximum absolute atomic E-state index is 3.94. The van der Waals surface area contributed by atoms with Gasteiger partial charge in [0, 0.05) is 4.83 Å². The van der Waals surface area contributed by atoms with Gasteiger partial charge in [0.05, 0.1) is 0 Å². The largest absolute Gasteiger partial charge is 0.0888 e. The van der Waals surface area contributed by atoms with Crippen LogP contribution in [-0.4, -0.2) is 4.83 Å². The summed E-state index contributed by atoms with van der Waals surface area (Å²) in [6.07, 6.45) is 20.3. The van der Waals surface area contributed by atoms with Crippen molar-refractivity contribution in [3.63, 3.8) is 0 Å². The molecule has 0 amide bonds. The molecule has 0 aliphatic heterocycles. The monoisotopic (exact) mass is 344 g/mol. The van der Waals surface area contributed by atoms with E-state index in [2.05, 4.69) is 29.8 Å². The predicted molar refractivity (Wildman–Crippen MR) is 95.7 cm³/mol. The normalized spacial score (nSPS) is 26.9. The molecule has 1 heteroatoms. The molecule has 120 valence electrons. The quantitative estimate of drug-likeness (QED) is 0.269. The molecule has 0 saturated heterocycles. The molecule has 0 nitrogen and oxygen atoms in total. The van der Waals surface area contributed by atoms with Crippen LogP contribution in [0.2, 0.25) is 0 Å². The van der Waals surface area contributed by atoms with E-state index in [4.69, 9.17) is 0 Å². The lowest BCUT2D eigenvalue weighted by atomic mass is 9.77. The predicted octanol–water partition coefficient (Wildman–Crippen LogP) is 7.50. The van der Waals surface area contributed by atoms with Gasteiger partial charge in [-0.2, -0.15) is 0 Å². The number of hydrogen-bond donors (Lipinski definition) is 0. The first-order chi connectivity index (χ1) is 9.77. The number of unbranched alkanes of at least 4 members (excludes halogenated alkanes) is 7. The summed E-state index contributed by atoms with van der Waals surface area (Å²) in [4.78, 5) is 0.820. The SMILES string of the molecule is CCCCCCCCCCC1CC(CCC)CCC1Br. The highest BCUT2D eigenvalue weighted by Crippen LogP contribution is 2.38. The minimum absolute atomic E-state index is 0.820. The van der Waals surface area contributed by atoms with E-state index in [9.17, 15) is 0 Å². The molecule has 1 saturated carbocycles. The van der Waals surface area contributed by atoms with Crippen LogP contribution < -0.4 is 0 Å². The molecule has 1 aliphatic carbocycles. The molecule has 3 unspecified atom stereocenters. The number of rotatable bonds is 11. The minimum Gasteiger partial charge on any atom is -0.0888 e. The smallest absolute Gasteiger partial charge is 0.0174 e. The lowest BCUT2D eigenvalue weighted by Gasteiger charge is -2.33. The molecule has 0 spiro atoms. The van der Waals surface area contributed by atoms with Crippen LogP contribution in [0.25, 0.3) is 0 Å². The molecule has 0 radical (unpaired) electrons. The van der Waals surface area contributed by atoms with Gasteiger partial charge < -0.3 is 0 Å². The van der Waals surface area contributed by atoms with Crippen LogP contribution in [-0.2, 0) is 0 Å². The average molecular weight is 345 g/mol. The topological polar surface area (TPSA) is 0 Å². The van der Waals surface area contributed by atoms with E-state index in [1.54, 1.807) is 0 Å². The molecule has 1 fully saturated rings. The van der Waals surface area contributed by atoms with Gasteiger partial charge in [-0.25, -0.2) is 0 Å². The van der Waals surface area contributed by atoms with Crippen molar-refractivity contribution in [2.24, 2.45) is 11.8 Å². The summed E-state index contributed by atoms with van der Waals surface area (Å²) in [6.45, 7) is 4.64. The van der Waals surface area contributed by atoms with Crippen LogP contribution in [0.15, 0.2) is 0 Å². The van der Waals surface area contributed by atoms with Crippen LogP contribution in [0.1, 0.15) is 104 Å². The Hall–Kier alpha value is 0.480. The summed E-state index contributed by atoms with van der Waals surface area (Å²) in [5.41, 5.74) is 0. The van der Waals surface area contributed by atoms with Crippen molar-refractivity contribution in [2.75, 3.05) is 0 Å². The van der Waals surface area contributed by atoms with E-state index >= 15 is 0 Å². The Balaban J connectivity index is 2.02. The summed E-state index contributed by atoms with van der Waals surface area (Å²) in [6, 6.07) is 0. The minimum atomic E-state index is 0.820. The molecule has 0 aromatic rings. The highest BCUT2D eigenvalue weighted by Gasteiger charge is 2.27. The molecule has 1 rings (SSSR count). The van der Waals surface area contributed by atoms with Crippen molar-refractivity contribution < 1.29 is 0 Å². The molecule has 3 atom stereocenters. The summed E-state index contributed by atoms with van der Waals surface area (Å²) in [5, 5.41) is 0. The number of alkyl halides is 1. The third kappa shape index (κ3) is 8.05. The van der Waals surface area contributed by atoms with Crippen molar-refractivity contribution >= 4 is 15.9 Å². The van der Waals surface area contributed by atoms with Gasteiger partial charge in [-0.3, -0.25) is 0 Å². The standard InChI is InChI=1S/C19H37Br/c1-3-5-6-7-8-9-10-11-13-18-16-17(12-4-2)14-15-19(18)20/h17-19H,3-16H2,1-2H3. The van der Waals surface area contributed by atoms with E-state index < -0.39 is 0 Å². The summed E-state index contributed by atoms with van der Waals surface area (Å²) < 4.78 is 0. The highest BCUT2D eigenvalue weighted by molar-refractivity contribution is 9.09. The third-order valence-electron chi connectivity index (χ3n) is 5.12. The van der Waals surface area contributed by atoms with Crippen LogP contribution in [0.5, 0.6) is 0 Å². The first-order valence-corrected chi connectivity index (χ1v) is 10.3. The Morgan fingerprint density at radius 3 is 2.05 bits per heavy atom. The van der Waals surface area contributed by atoms with E-state index in [1.807, 2.05) is 0 Å². The third-order valence-corrected chi connectivity index (χ3v) is 6.33. The molecular formula is C19H37Br. The van der Waals surface area contributed by atoms with Crippen molar-refractivity contribution in [2.45, 2.75) is 109 Å². The van der Waals surface area contributed by atoms with Gasteiger partial charge in [0.25, 0.3) is 0 Å². The van der Waals surface area contributed by atoms with E-state index in [-0.39, 0.29) is 0 Å². The van der Waals surface area contributed by atoms with E-state index in [0.29, 0.717) is 0 Å². The van der Waals surface area contributed by atoms with Crippen molar-refractivity contribution in [1.29, 1.82) is 0 Å². The van der Waals surface area contributed by atoms with Gasteiger partial charge in [0.1, 0.15) is 0 Å². The zero-order valence-corrected chi connectivity index (χ0v) is 15.6. The fraction of sp³-hybridized carbons (Fsp3) is 1.00. The van der Waals surface area contributed by atoms with Crippen LogP contribution in [0.4, 0.5) is 0 Å². The van der Waals surface area contributed by atoms with Crippen LogP contribution in [0.3, 0.4) is 0 Å².